The number of amides is 2. The van der Waals surface area contributed by atoms with E-state index in [1.807, 2.05) is 17.0 Å². The molecule has 1 aliphatic rings. The van der Waals surface area contributed by atoms with Crippen molar-refractivity contribution in [3.8, 4) is 17.2 Å². The van der Waals surface area contributed by atoms with Gasteiger partial charge in [-0.3, -0.25) is 9.59 Å². The largest absolute Gasteiger partial charge is 0.493 e. The van der Waals surface area contributed by atoms with Gasteiger partial charge in [-0.1, -0.05) is 26.0 Å². The first-order valence-electron chi connectivity index (χ1n) is 10.4. The number of carbonyl (C=O) groups excluding carboxylic acids is 2. The van der Waals surface area contributed by atoms with Crippen molar-refractivity contribution in [3.05, 3.63) is 47.0 Å². The number of hydrogen-bond donors (Lipinski definition) is 1. The van der Waals surface area contributed by atoms with Gasteiger partial charge in [0.2, 0.25) is 11.7 Å². The molecule has 0 fully saturated rings. The molecule has 1 aliphatic heterocycles. The summed E-state index contributed by atoms with van der Waals surface area (Å²) >= 11 is 0. The molecular weight excluding hydrogens is 396 g/mol. The predicted molar refractivity (Wildman–Crippen MR) is 119 cm³/mol. The number of anilines is 1. The Morgan fingerprint density at radius 1 is 1.03 bits per heavy atom. The second-order valence-corrected chi connectivity index (χ2v) is 7.95. The van der Waals surface area contributed by atoms with E-state index in [1.54, 1.807) is 12.1 Å². The van der Waals surface area contributed by atoms with E-state index in [4.69, 9.17) is 14.2 Å². The highest BCUT2D eigenvalue weighted by Crippen LogP contribution is 2.38. The molecule has 0 saturated heterocycles. The van der Waals surface area contributed by atoms with Crippen LogP contribution in [0.1, 0.15) is 41.8 Å². The Morgan fingerprint density at radius 2 is 1.71 bits per heavy atom. The van der Waals surface area contributed by atoms with Gasteiger partial charge in [0.05, 0.1) is 21.3 Å². The van der Waals surface area contributed by atoms with E-state index in [2.05, 4.69) is 25.2 Å². The molecule has 2 aromatic rings. The van der Waals surface area contributed by atoms with Crippen LogP contribution in [0.4, 0.5) is 5.69 Å². The Hall–Kier alpha value is -3.22. The third-order valence-electron chi connectivity index (χ3n) is 5.30. The summed E-state index contributed by atoms with van der Waals surface area (Å²) in [5.74, 6) is 1.55. The Morgan fingerprint density at radius 3 is 2.29 bits per heavy atom. The standard InChI is InChI=1S/C24H30N2O5/c1-15(2)10-22(27)26-9-8-17-11-16(6-7-19(17)26)14-25-24(28)18-12-20(29-3)23(31-5)21(13-18)30-4/h6-7,11-13,15H,8-10,14H2,1-5H3,(H,25,28). The first-order chi connectivity index (χ1) is 14.9. The Bertz CT molecular complexity index is 945. The molecule has 0 saturated carbocycles. The van der Waals surface area contributed by atoms with Gasteiger partial charge in [0.25, 0.3) is 5.91 Å². The van der Waals surface area contributed by atoms with Crippen molar-refractivity contribution in [1.29, 1.82) is 0 Å². The number of hydrogen-bond acceptors (Lipinski definition) is 5. The molecule has 1 N–H and O–H groups in total. The Balaban J connectivity index is 1.70. The summed E-state index contributed by atoms with van der Waals surface area (Å²) in [6.07, 6.45) is 1.37. The van der Waals surface area contributed by atoms with Gasteiger partial charge in [0, 0.05) is 30.8 Å². The van der Waals surface area contributed by atoms with Crippen LogP contribution in [-0.2, 0) is 17.8 Å². The van der Waals surface area contributed by atoms with Gasteiger partial charge < -0.3 is 24.4 Å². The van der Waals surface area contributed by atoms with Crippen molar-refractivity contribution in [2.24, 2.45) is 5.92 Å². The minimum absolute atomic E-state index is 0.164. The maximum absolute atomic E-state index is 12.7. The lowest BCUT2D eigenvalue weighted by Crippen LogP contribution is -2.29. The van der Waals surface area contributed by atoms with Crippen LogP contribution >= 0.6 is 0 Å². The molecule has 0 unspecified atom stereocenters. The number of nitrogens with one attached hydrogen (secondary N) is 1. The number of carbonyl (C=O) groups is 2. The number of nitrogens with zero attached hydrogens (tertiary/aromatic N) is 1. The maximum Gasteiger partial charge on any atom is 0.251 e. The van der Waals surface area contributed by atoms with E-state index < -0.39 is 0 Å². The van der Waals surface area contributed by atoms with Gasteiger partial charge in [-0.25, -0.2) is 0 Å². The van der Waals surface area contributed by atoms with Crippen LogP contribution < -0.4 is 24.4 Å². The van der Waals surface area contributed by atoms with Crippen LogP contribution in [0.5, 0.6) is 17.2 Å². The van der Waals surface area contributed by atoms with Crippen LogP contribution in [0, 0.1) is 5.92 Å². The molecule has 1 heterocycles. The Kier molecular flexibility index (Phi) is 7.05. The quantitative estimate of drug-likeness (QED) is 0.698. The van der Waals surface area contributed by atoms with Crippen molar-refractivity contribution >= 4 is 17.5 Å². The van der Waals surface area contributed by atoms with Gasteiger partial charge in [-0.15, -0.1) is 0 Å². The summed E-state index contributed by atoms with van der Waals surface area (Å²) in [5.41, 5.74) is 3.51. The lowest BCUT2D eigenvalue weighted by Gasteiger charge is -2.19. The van der Waals surface area contributed by atoms with Crippen molar-refractivity contribution in [2.45, 2.75) is 33.2 Å². The highest BCUT2D eigenvalue weighted by atomic mass is 16.5. The SMILES string of the molecule is COc1cc(C(=O)NCc2ccc3c(c2)CCN3C(=O)CC(C)C)cc(OC)c1OC. The molecular formula is C24H30N2O5. The van der Waals surface area contributed by atoms with Crippen LogP contribution in [0.15, 0.2) is 30.3 Å². The topological polar surface area (TPSA) is 77.1 Å². The van der Waals surface area contributed by atoms with E-state index in [0.29, 0.717) is 48.2 Å². The van der Waals surface area contributed by atoms with Gasteiger partial charge in [-0.05, 0) is 41.7 Å². The second-order valence-electron chi connectivity index (χ2n) is 7.95. The maximum atomic E-state index is 12.7. The molecule has 3 rings (SSSR count). The zero-order chi connectivity index (χ0) is 22.5. The molecule has 0 atom stereocenters. The Labute approximate surface area is 183 Å². The van der Waals surface area contributed by atoms with E-state index >= 15 is 0 Å². The molecule has 166 valence electrons. The summed E-state index contributed by atoms with van der Waals surface area (Å²) in [6, 6.07) is 9.24. The molecule has 0 aliphatic carbocycles. The molecule has 0 radical (unpaired) electrons. The lowest BCUT2D eigenvalue weighted by atomic mass is 10.1. The number of benzene rings is 2. The monoisotopic (exact) mass is 426 g/mol. The summed E-state index contributed by atoms with van der Waals surface area (Å²) in [5, 5.41) is 2.94. The predicted octanol–water partition coefficient (Wildman–Crippen LogP) is 3.58. The highest BCUT2D eigenvalue weighted by molar-refractivity contribution is 5.96. The molecule has 2 amide bonds. The van der Waals surface area contributed by atoms with Crippen molar-refractivity contribution < 1.29 is 23.8 Å². The fraction of sp³-hybridized carbons (Fsp3) is 0.417. The fourth-order valence-electron chi connectivity index (χ4n) is 3.78. The molecule has 0 spiro atoms. The van der Waals surface area contributed by atoms with Crippen molar-refractivity contribution in [3.63, 3.8) is 0 Å². The minimum Gasteiger partial charge on any atom is -0.493 e. The molecule has 7 heteroatoms. The van der Waals surface area contributed by atoms with E-state index in [1.165, 1.54) is 21.3 Å². The average Bonchev–Trinajstić information content (AvgIpc) is 3.19. The smallest absolute Gasteiger partial charge is 0.251 e. The summed E-state index contributed by atoms with van der Waals surface area (Å²) in [6.45, 7) is 5.19. The number of methoxy groups -OCH3 is 3. The molecule has 0 aromatic heterocycles. The summed E-state index contributed by atoms with van der Waals surface area (Å²) < 4.78 is 15.9. The van der Waals surface area contributed by atoms with Crippen molar-refractivity contribution in [1.82, 2.24) is 5.32 Å². The van der Waals surface area contributed by atoms with Gasteiger partial charge in [-0.2, -0.15) is 0 Å². The van der Waals surface area contributed by atoms with Gasteiger partial charge in [0.15, 0.2) is 11.5 Å². The zero-order valence-corrected chi connectivity index (χ0v) is 18.8. The highest BCUT2D eigenvalue weighted by Gasteiger charge is 2.25. The summed E-state index contributed by atoms with van der Waals surface area (Å²) in [7, 11) is 4.54. The van der Waals surface area contributed by atoms with Crippen molar-refractivity contribution in [2.75, 3.05) is 32.8 Å². The molecule has 2 aromatic carbocycles. The number of rotatable bonds is 8. The second kappa shape index (κ2) is 9.73. The van der Waals surface area contributed by atoms with Gasteiger partial charge in [0.1, 0.15) is 0 Å². The summed E-state index contributed by atoms with van der Waals surface area (Å²) in [4.78, 5) is 27.0. The number of ether oxygens (including phenoxy) is 3. The first kappa shape index (κ1) is 22.5. The van der Waals surface area contributed by atoms with Crippen LogP contribution in [0.2, 0.25) is 0 Å². The third kappa shape index (κ3) is 4.93. The average molecular weight is 427 g/mol. The number of fused-ring (bicyclic) bond motifs is 1. The van der Waals surface area contributed by atoms with E-state index in [9.17, 15) is 9.59 Å². The zero-order valence-electron chi connectivity index (χ0n) is 18.8. The molecule has 31 heavy (non-hydrogen) atoms. The fourth-order valence-corrected chi connectivity index (χ4v) is 3.78. The lowest BCUT2D eigenvalue weighted by molar-refractivity contribution is -0.119. The first-order valence-corrected chi connectivity index (χ1v) is 10.4. The normalized spacial score (nSPS) is 12.5. The third-order valence-corrected chi connectivity index (χ3v) is 5.30. The molecule has 0 bridgehead atoms. The van der Waals surface area contributed by atoms with E-state index in [-0.39, 0.29) is 11.8 Å². The van der Waals surface area contributed by atoms with Gasteiger partial charge >= 0.3 is 0 Å². The van der Waals surface area contributed by atoms with Crippen LogP contribution in [0.3, 0.4) is 0 Å². The minimum atomic E-state index is -0.242. The van der Waals surface area contributed by atoms with Crippen LogP contribution in [0.25, 0.3) is 0 Å². The van der Waals surface area contributed by atoms with Crippen LogP contribution in [-0.4, -0.2) is 39.7 Å². The van der Waals surface area contributed by atoms with E-state index in [0.717, 1.165) is 23.2 Å². The molecule has 7 nitrogen and oxygen atoms in total.